The Balaban J connectivity index is 0.958. The molecule has 3 aliphatic rings. The molecule has 1 unspecified atom stereocenters. The van der Waals surface area contributed by atoms with Crippen molar-refractivity contribution in [3.8, 4) is 38.4 Å². The monoisotopic (exact) mass is 1180 g/mol. The first kappa shape index (κ1) is 56.4. The number of rotatable bonds is 22. The molecule has 2 aliphatic heterocycles. The molecule has 1 aliphatic carbocycles. The average Bonchev–Trinajstić information content (AvgIpc) is 3.97. The summed E-state index contributed by atoms with van der Waals surface area (Å²) in [6.07, 6.45) is 15.8. The van der Waals surface area contributed by atoms with Crippen LogP contribution in [0.25, 0.3) is 49.5 Å². The Kier molecular flexibility index (Phi) is 18.0. The molecule has 0 bridgehead atoms. The Morgan fingerprint density at radius 1 is 0.533 bits per heavy atom. The van der Waals surface area contributed by atoms with E-state index in [0.29, 0.717) is 25.4 Å². The van der Waals surface area contributed by atoms with E-state index in [1.54, 1.807) is 11.3 Å². The first-order valence-electron chi connectivity index (χ1n) is 27.8. The maximum atomic E-state index is 7.15. The van der Waals surface area contributed by atoms with Crippen LogP contribution in [-0.4, -0.2) is 84.7 Å². The summed E-state index contributed by atoms with van der Waals surface area (Å²) in [5, 5.41) is 2.45. The third-order valence-corrected chi connectivity index (χ3v) is 20.8. The molecule has 0 radical (unpaired) electrons. The van der Waals surface area contributed by atoms with E-state index in [-0.39, 0.29) is 28.1 Å². The molecular formula is C65H82Br2N2O4S2. The van der Waals surface area contributed by atoms with Gasteiger partial charge in [-0.05, 0) is 223 Å². The number of unbranched alkanes of at least 4 members (excludes halogenated alkanes) is 6. The fourth-order valence-corrected chi connectivity index (χ4v) is 16.2. The van der Waals surface area contributed by atoms with Crippen LogP contribution >= 0.6 is 54.5 Å². The van der Waals surface area contributed by atoms with Gasteiger partial charge in [-0.3, -0.25) is 9.80 Å². The van der Waals surface area contributed by atoms with Crippen LogP contribution in [0, 0.1) is 0 Å². The summed E-state index contributed by atoms with van der Waals surface area (Å²) in [5.74, 6) is 1.85. The van der Waals surface area contributed by atoms with Crippen molar-refractivity contribution in [2.45, 2.75) is 173 Å². The Morgan fingerprint density at radius 2 is 1.01 bits per heavy atom. The summed E-state index contributed by atoms with van der Waals surface area (Å²) in [5.41, 5.74) is 8.89. The quantitative estimate of drug-likeness (QED) is 0.0631. The molecule has 2 saturated heterocycles. The molecule has 6 nitrogen and oxygen atoms in total. The van der Waals surface area contributed by atoms with Gasteiger partial charge in [0.15, 0.2) is 0 Å². The van der Waals surface area contributed by atoms with Crippen LogP contribution in [0.1, 0.15) is 154 Å². The zero-order chi connectivity index (χ0) is 53.1. The fourth-order valence-electron chi connectivity index (χ4n) is 12.5. The van der Waals surface area contributed by atoms with Crippen molar-refractivity contribution in [1.29, 1.82) is 0 Å². The highest BCUT2D eigenvalue weighted by Crippen LogP contribution is 2.54. The summed E-state index contributed by atoms with van der Waals surface area (Å²) >= 11 is 11.6. The lowest BCUT2D eigenvalue weighted by atomic mass is 9.79. The molecule has 2 fully saturated rings. The van der Waals surface area contributed by atoms with Crippen LogP contribution in [0.3, 0.4) is 0 Å². The minimum Gasteiger partial charge on any atom is -0.497 e. The maximum Gasteiger partial charge on any atom is 0.129 e. The van der Waals surface area contributed by atoms with Crippen molar-refractivity contribution in [2.75, 3.05) is 40.5 Å². The Labute approximate surface area is 474 Å². The zero-order valence-electron chi connectivity index (χ0n) is 46.5. The zero-order valence-corrected chi connectivity index (χ0v) is 51.3. The molecule has 2 aromatic heterocycles. The Morgan fingerprint density at radius 3 is 1.55 bits per heavy atom. The van der Waals surface area contributed by atoms with Crippen LogP contribution < -0.4 is 4.74 Å². The highest BCUT2D eigenvalue weighted by atomic mass is 79.9. The summed E-state index contributed by atoms with van der Waals surface area (Å²) < 4.78 is 29.5. The first-order valence-corrected chi connectivity index (χ1v) is 31.0. The van der Waals surface area contributed by atoms with E-state index < -0.39 is 0 Å². The summed E-state index contributed by atoms with van der Waals surface area (Å²) in [6.45, 7) is 21.7. The van der Waals surface area contributed by atoms with Crippen molar-refractivity contribution in [3.63, 3.8) is 0 Å². The lowest BCUT2D eigenvalue weighted by molar-refractivity contribution is -0.0922. The topological polar surface area (TPSA) is 43.4 Å². The number of thiophene rings is 2. The summed E-state index contributed by atoms with van der Waals surface area (Å²) in [4.78, 5) is 7.49. The maximum absolute atomic E-state index is 7.15. The number of halogens is 2. The van der Waals surface area contributed by atoms with E-state index >= 15 is 0 Å². The Bertz CT molecular complexity index is 2870. The second kappa shape index (κ2) is 24.0. The average molecular weight is 1180 g/mol. The van der Waals surface area contributed by atoms with Crippen molar-refractivity contribution in [1.82, 2.24) is 9.80 Å². The number of likely N-dealkylation sites (tertiary alicyclic amines) is 2. The molecule has 0 amide bonds. The minimum atomic E-state index is -0.0626. The molecule has 0 spiro atoms. The number of hydrogen-bond donors (Lipinski definition) is 0. The highest BCUT2D eigenvalue weighted by Gasteiger charge is 2.44. The fraction of sp³-hybridized carbons (Fsp3) is 0.508. The molecular weight excluding hydrogens is 1100 g/mol. The molecule has 10 heteroatoms. The number of hydrogen-bond acceptors (Lipinski definition) is 8. The van der Waals surface area contributed by atoms with E-state index in [9.17, 15) is 0 Å². The molecule has 0 saturated carbocycles. The predicted octanol–water partition coefficient (Wildman–Crippen LogP) is 18.8. The molecule has 6 aromatic rings. The van der Waals surface area contributed by atoms with Gasteiger partial charge in [-0.2, -0.15) is 0 Å². The predicted molar refractivity (Wildman–Crippen MR) is 326 cm³/mol. The second-order valence-corrected chi connectivity index (χ2v) is 28.9. The third-order valence-electron chi connectivity index (χ3n) is 17.0. The first-order chi connectivity index (χ1) is 35.8. The van der Waals surface area contributed by atoms with Gasteiger partial charge in [0, 0.05) is 61.8 Å². The number of ether oxygens (including phenoxy) is 4. The molecule has 75 heavy (non-hydrogen) atoms. The van der Waals surface area contributed by atoms with Gasteiger partial charge in [0.1, 0.15) is 11.5 Å². The van der Waals surface area contributed by atoms with E-state index in [4.69, 9.17) is 18.9 Å². The molecule has 4 heterocycles. The van der Waals surface area contributed by atoms with Gasteiger partial charge in [0.2, 0.25) is 0 Å². The number of nitrogens with zero attached hydrogens (tertiary/aromatic N) is 2. The lowest BCUT2D eigenvalue weighted by Gasteiger charge is -2.53. The van der Waals surface area contributed by atoms with E-state index in [1.165, 1.54) is 53.9 Å². The summed E-state index contributed by atoms with van der Waals surface area (Å²) in [6, 6.07) is 35.3. The third kappa shape index (κ3) is 12.9. The van der Waals surface area contributed by atoms with E-state index in [2.05, 4.69) is 214 Å². The van der Waals surface area contributed by atoms with Gasteiger partial charge in [-0.25, -0.2) is 0 Å². The normalized spacial score (nSPS) is 19.6. The molecule has 402 valence electrons. The van der Waals surface area contributed by atoms with Crippen LogP contribution in [0.5, 0.6) is 5.75 Å². The van der Waals surface area contributed by atoms with Crippen LogP contribution in [0.2, 0.25) is 0 Å². The lowest BCUT2D eigenvalue weighted by Crippen LogP contribution is -2.60. The van der Waals surface area contributed by atoms with Crippen LogP contribution in [0.15, 0.2) is 110 Å². The molecule has 4 aromatic carbocycles. The van der Waals surface area contributed by atoms with Gasteiger partial charge >= 0.3 is 0 Å². The van der Waals surface area contributed by atoms with Gasteiger partial charge in [0.05, 0.1) is 38.9 Å². The summed E-state index contributed by atoms with van der Waals surface area (Å²) in [7, 11) is 4.52. The number of benzene rings is 4. The molecule has 0 N–H and O–H groups in total. The second-order valence-electron chi connectivity index (χ2n) is 24.1. The van der Waals surface area contributed by atoms with E-state index in [0.717, 1.165) is 115 Å². The standard InChI is InChI=1S/C65H82Br2N2O4S2/c1-62(2)40-47(41-63(3,4)68(62)9)70-32-21-11-13-23-34-72-53-36-46-30-25-31-49-57(46)52(59(53)56-39-51(61(67)75-56)45-28-19-16-20-29-45)37-54(58(49)55-38-50(60(66)74-55)44-26-17-15-18-27-44)73-35-24-14-12-22-33-71-48-42-64(5,6)69(10)65(7,8)43-48/h15-20,25-31,36-39,47-48,58H,11-14,21-24,32-35,40-43H2,1-10H3. The minimum absolute atomic E-state index is 0.0626. The SMILES string of the molecule is CN1C(C)(C)CC(OCCCCCCOC2=Cc3c(-c4cc(-c5ccccc5)c(Br)s4)c(OCCCCCCOC4CC(C)(C)N(C)C(C)(C)C4)cc4cccc(c34)C2c2cc(-c3ccccc3)c(Br)s2)CC1(C)C. The van der Waals surface area contributed by atoms with Gasteiger partial charge < -0.3 is 18.9 Å². The smallest absolute Gasteiger partial charge is 0.129 e. The van der Waals surface area contributed by atoms with Crippen LogP contribution in [-0.2, 0) is 14.2 Å². The van der Waals surface area contributed by atoms with Crippen molar-refractivity contribution >= 4 is 71.4 Å². The van der Waals surface area contributed by atoms with Crippen LogP contribution in [0.4, 0.5) is 0 Å². The largest absolute Gasteiger partial charge is 0.497 e. The molecule has 1 atom stereocenters. The van der Waals surface area contributed by atoms with Crippen molar-refractivity contribution < 1.29 is 18.9 Å². The molecule has 9 rings (SSSR count). The van der Waals surface area contributed by atoms with Gasteiger partial charge in [-0.15, -0.1) is 22.7 Å². The van der Waals surface area contributed by atoms with Crippen molar-refractivity contribution in [3.05, 3.63) is 126 Å². The van der Waals surface area contributed by atoms with E-state index in [1.807, 2.05) is 11.3 Å². The van der Waals surface area contributed by atoms with Crippen molar-refractivity contribution in [2.24, 2.45) is 0 Å². The number of piperidine rings is 2. The van der Waals surface area contributed by atoms with Gasteiger partial charge in [-0.1, -0.05) is 91.7 Å². The van der Waals surface area contributed by atoms with Gasteiger partial charge in [0.25, 0.3) is 0 Å². The highest BCUT2D eigenvalue weighted by molar-refractivity contribution is 9.11. The number of allylic oxidation sites excluding steroid dienone is 1. The Hall–Kier alpha value is -3.32.